The van der Waals surface area contributed by atoms with Crippen LogP contribution in [0, 0.1) is 5.82 Å². The summed E-state index contributed by atoms with van der Waals surface area (Å²) in [5.74, 6) is 0.362. The van der Waals surface area contributed by atoms with E-state index in [0.29, 0.717) is 11.5 Å². The van der Waals surface area contributed by atoms with E-state index in [9.17, 15) is 4.39 Å². The fourth-order valence-corrected chi connectivity index (χ4v) is 2.42. The molecule has 0 nitrogen and oxygen atoms in total. The van der Waals surface area contributed by atoms with Crippen LogP contribution in [0.5, 0.6) is 0 Å². The van der Waals surface area contributed by atoms with Crippen molar-refractivity contribution in [3.8, 4) is 11.1 Å². The summed E-state index contributed by atoms with van der Waals surface area (Å²) in [5, 5.41) is 2.02. The van der Waals surface area contributed by atoms with Gasteiger partial charge in [0.2, 0.25) is 0 Å². The summed E-state index contributed by atoms with van der Waals surface area (Å²) >= 11 is 1.69. The van der Waals surface area contributed by atoms with E-state index >= 15 is 0 Å². The van der Waals surface area contributed by atoms with Gasteiger partial charge in [0.25, 0.3) is 0 Å². The van der Waals surface area contributed by atoms with Crippen LogP contribution in [0.4, 0.5) is 4.39 Å². The third-order valence-electron chi connectivity index (χ3n) is 2.37. The molecule has 16 heavy (non-hydrogen) atoms. The molecule has 0 fully saturated rings. The van der Waals surface area contributed by atoms with E-state index < -0.39 is 0 Å². The van der Waals surface area contributed by atoms with Crippen molar-refractivity contribution in [2.75, 3.05) is 0 Å². The highest BCUT2D eigenvalue weighted by Gasteiger charge is 2.08. The third-order valence-corrected chi connectivity index (χ3v) is 3.61. The number of benzene rings is 1. The Morgan fingerprint density at radius 3 is 2.44 bits per heavy atom. The minimum atomic E-state index is -0.148. The molecule has 0 saturated heterocycles. The maximum Gasteiger partial charge on any atom is 0.131 e. The lowest BCUT2D eigenvalue weighted by molar-refractivity contribution is 0.631. The van der Waals surface area contributed by atoms with E-state index in [4.69, 9.17) is 0 Å². The Bertz CT molecular complexity index is 457. The predicted molar refractivity (Wildman–Crippen MR) is 70.5 cm³/mol. The van der Waals surface area contributed by atoms with Crippen LogP contribution in [0.1, 0.15) is 32.1 Å². The standard InChI is InChI=1S/C13H13FS.CH4/c1-9(2)13-7-10(8-15-13)11-5-3-4-6-12(11)14;/h3-9H,1-2H3;1H4. The average Bonchev–Trinajstić information content (AvgIpc) is 2.67. The second-order valence-corrected chi connectivity index (χ2v) is 4.82. The molecule has 0 spiro atoms. The summed E-state index contributed by atoms with van der Waals surface area (Å²) in [5.41, 5.74) is 1.68. The van der Waals surface area contributed by atoms with Crippen molar-refractivity contribution in [2.24, 2.45) is 0 Å². The van der Waals surface area contributed by atoms with Gasteiger partial charge >= 0.3 is 0 Å². The number of hydrogen-bond donors (Lipinski definition) is 0. The quantitative estimate of drug-likeness (QED) is 0.662. The lowest BCUT2D eigenvalue weighted by Gasteiger charge is -2.00. The van der Waals surface area contributed by atoms with Gasteiger partial charge in [-0.3, -0.25) is 0 Å². The molecule has 2 aromatic rings. The van der Waals surface area contributed by atoms with Crippen molar-refractivity contribution < 1.29 is 4.39 Å². The number of hydrogen-bond acceptors (Lipinski definition) is 1. The van der Waals surface area contributed by atoms with Gasteiger partial charge in [-0.1, -0.05) is 39.5 Å². The summed E-state index contributed by atoms with van der Waals surface area (Å²) in [6.45, 7) is 4.30. The molecule has 0 aliphatic carbocycles. The zero-order chi connectivity index (χ0) is 10.8. The lowest BCUT2D eigenvalue weighted by atomic mass is 10.1. The van der Waals surface area contributed by atoms with Crippen molar-refractivity contribution in [1.29, 1.82) is 0 Å². The molecule has 0 amide bonds. The van der Waals surface area contributed by atoms with Crippen molar-refractivity contribution >= 4 is 11.3 Å². The Kier molecular flexibility index (Phi) is 4.25. The van der Waals surface area contributed by atoms with Gasteiger partial charge < -0.3 is 0 Å². The van der Waals surface area contributed by atoms with E-state index in [-0.39, 0.29) is 13.2 Å². The summed E-state index contributed by atoms with van der Waals surface area (Å²) in [7, 11) is 0. The molecule has 1 heterocycles. The Labute approximate surface area is 101 Å². The van der Waals surface area contributed by atoms with E-state index in [1.165, 1.54) is 10.9 Å². The molecule has 1 aromatic carbocycles. The molecule has 0 unspecified atom stereocenters. The van der Waals surface area contributed by atoms with Gasteiger partial charge in [0.1, 0.15) is 5.82 Å². The topological polar surface area (TPSA) is 0 Å². The number of thiophene rings is 1. The smallest absolute Gasteiger partial charge is 0.131 e. The first-order valence-electron chi connectivity index (χ1n) is 5.02. The predicted octanol–water partition coefficient (Wildman–Crippen LogP) is 5.31. The van der Waals surface area contributed by atoms with Gasteiger partial charge in [0.05, 0.1) is 0 Å². The molecule has 0 bridgehead atoms. The first-order chi connectivity index (χ1) is 7.18. The van der Waals surface area contributed by atoms with Crippen LogP contribution in [-0.2, 0) is 0 Å². The molecule has 2 heteroatoms. The zero-order valence-corrected chi connectivity index (χ0v) is 9.64. The number of halogens is 1. The average molecular weight is 236 g/mol. The van der Waals surface area contributed by atoms with Crippen LogP contribution >= 0.6 is 11.3 Å². The second kappa shape index (κ2) is 5.26. The summed E-state index contributed by atoms with van der Waals surface area (Å²) in [6, 6.07) is 8.98. The Morgan fingerprint density at radius 1 is 1.19 bits per heavy atom. The first kappa shape index (κ1) is 12.9. The van der Waals surface area contributed by atoms with Gasteiger partial charge in [-0.2, -0.15) is 0 Å². The molecule has 86 valence electrons. The Morgan fingerprint density at radius 2 is 1.88 bits per heavy atom. The van der Waals surface area contributed by atoms with Gasteiger partial charge in [0, 0.05) is 10.4 Å². The molecule has 0 radical (unpaired) electrons. The third kappa shape index (κ3) is 2.50. The molecule has 0 aliphatic heterocycles. The molecule has 0 aliphatic rings. The molecule has 0 N–H and O–H groups in total. The Balaban J connectivity index is 0.00000128. The summed E-state index contributed by atoms with van der Waals surface area (Å²) in [4.78, 5) is 1.30. The van der Waals surface area contributed by atoms with Gasteiger partial charge in [-0.25, -0.2) is 4.39 Å². The summed E-state index contributed by atoms with van der Waals surface area (Å²) in [6.07, 6.45) is 0. The van der Waals surface area contributed by atoms with Crippen LogP contribution < -0.4 is 0 Å². The maximum absolute atomic E-state index is 13.5. The highest BCUT2D eigenvalue weighted by atomic mass is 32.1. The molecule has 1 aromatic heterocycles. The second-order valence-electron chi connectivity index (χ2n) is 3.87. The monoisotopic (exact) mass is 236 g/mol. The van der Waals surface area contributed by atoms with E-state index in [0.717, 1.165) is 5.56 Å². The molecule has 0 saturated carbocycles. The maximum atomic E-state index is 13.5. The molecular formula is C14H17FS. The normalized spacial score (nSPS) is 10.2. The van der Waals surface area contributed by atoms with Crippen LogP contribution in [0.15, 0.2) is 35.7 Å². The fraction of sp³-hybridized carbons (Fsp3) is 0.286. The largest absolute Gasteiger partial charge is 0.206 e. The van der Waals surface area contributed by atoms with Gasteiger partial charge in [-0.15, -0.1) is 11.3 Å². The van der Waals surface area contributed by atoms with E-state index in [2.05, 4.69) is 19.9 Å². The SMILES string of the molecule is C.CC(C)c1cc(-c2ccccc2F)cs1. The molecular weight excluding hydrogens is 219 g/mol. The van der Waals surface area contributed by atoms with Crippen LogP contribution in [0.2, 0.25) is 0 Å². The van der Waals surface area contributed by atoms with Crippen LogP contribution in [0.3, 0.4) is 0 Å². The zero-order valence-electron chi connectivity index (χ0n) is 8.83. The van der Waals surface area contributed by atoms with Gasteiger partial charge in [0.15, 0.2) is 0 Å². The van der Waals surface area contributed by atoms with Gasteiger partial charge in [-0.05, 0) is 29.0 Å². The van der Waals surface area contributed by atoms with E-state index in [1.54, 1.807) is 17.4 Å². The van der Waals surface area contributed by atoms with Crippen molar-refractivity contribution in [1.82, 2.24) is 0 Å². The highest BCUT2D eigenvalue weighted by Crippen LogP contribution is 2.31. The Hall–Kier alpha value is -1.15. The van der Waals surface area contributed by atoms with Crippen molar-refractivity contribution in [3.63, 3.8) is 0 Å². The number of rotatable bonds is 2. The minimum absolute atomic E-state index is 0. The van der Waals surface area contributed by atoms with Crippen LogP contribution in [0.25, 0.3) is 11.1 Å². The summed E-state index contributed by atoms with van der Waals surface area (Å²) < 4.78 is 13.5. The minimum Gasteiger partial charge on any atom is -0.206 e. The van der Waals surface area contributed by atoms with Crippen molar-refractivity contribution in [3.05, 3.63) is 46.4 Å². The fourth-order valence-electron chi connectivity index (χ4n) is 1.49. The lowest BCUT2D eigenvalue weighted by Crippen LogP contribution is -1.82. The molecule has 0 atom stereocenters. The van der Waals surface area contributed by atoms with Crippen LogP contribution in [-0.4, -0.2) is 0 Å². The molecule has 2 rings (SSSR count). The first-order valence-corrected chi connectivity index (χ1v) is 5.90. The van der Waals surface area contributed by atoms with Crippen molar-refractivity contribution in [2.45, 2.75) is 27.2 Å². The van der Waals surface area contributed by atoms with E-state index in [1.807, 2.05) is 17.5 Å². The highest BCUT2D eigenvalue weighted by molar-refractivity contribution is 7.10.